The number of ether oxygens (including phenoxy) is 1. The van der Waals surface area contributed by atoms with Crippen LogP contribution < -0.4 is 9.64 Å². The molecule has 2 unspecified atom stereocenters. The molecule has 3 amide bonds. The van der Waals surface area contributed by atoms with E-state index < -0.39 is 33.4 Å². The number of hydrogen-bond donors (Lipinski definition) is 1. The monoisotopic (exact) mass is 597 g/mol. The van der Waals surface area contributed by atoms with Crippen molar-refractivity contribution in [3.8, 4) is 5.75 Å². The van der Waals surface area contributed by atoms with E-state index >= 15 is 0 Å². The Balaban J connectivity index is 1.86. The molecule has 2 bridgehead atoms. The maximum absolute atomic E-state index is 14.9. The second kappa shape index (κ2) is 12.8. The molecule has 0 saturated carbocycles. The fourth-order valence-corrected chi connectivity index (χ4v) is 9.80. The highest BCUT2D eigenvalue weighted by Crippen LogP contribution is 2.72. The highest BCUT2D eigenvalue weighted by Gasteiger charge is 2.78. The number of hydrogen-bond acceptors (Lipinski definition) is 6. The molecule has 42 heavy (non-hydrogen) atoms. The third-order valence-corrected chi connectivity index (χ3v) is 11.7. The number of nitrogens with zero attached hydrogens (tertiary/aromatic N) is 3. The number of thioether (sulfide) groups is 1. The maximum atomic E-state index is 14.9. The van der Waals surface area contributed by atoms with E-state index in [1.807, 2.05) is 37.8 Å². The molecule has 3 aliphatic rings. The van der Waals surface area contributed by atoms with E-state index in [-0.39, 0.29) is 36.8 Å². The molecule has 8 nitrogen and oxygen atoms in total. The van der Waals surface area contributed by atoms with Crippen LogP contribution >= 0.6 is 11.8 Å². The number of aliphatic hydroxyl groups excluding tert-OH is 1. The predicted molar refractivity (Wildman–Crippen MR) is 169 cm³/mol. The number of aliphatic hydroxyl groups is 1. The molecule has 0 aromatic heterocycles. The summed E-state index contributed by atoms with van der Waals surface area (Å²) >= 11 is 1.66. The van der Waals surface area contributed by atoms with E-state index in [9.17, 15) is 19.5 Å². The van der Waals surface area contributed by atoms with E-state index in [0.717, 1.165) is 19.3 Å². The van der Waals surface area contributed by atoms with Crippen molar-refractivity contribution in [3.63, 3.8) is 0 Å². The fourth-order valence-electron chi connectivity index (χ4n) is 7.47. The molecule has 230 valence electrons. The second-order valence-electron chi connectivity index (χ2n) is 12.1. The van der Waals surface area contributed by atoms with Gasteiger partial charge in [0.1, 0.15) is 11.8 Å². The molecule has 1 aromatic carbocycles. The molecule has 7 atom stereocenters. The van der Waals surface area contributed by atoms with Gasteiger partial charge in [-0.05, 0) is 56.4 Å². The van der Waals surface area contributed by atoms with Crippen molar-refractivity contribution in [1.29, 1.82) is 0 Å². The van der Waals surface area contributed by atoms with Crippen LogP contribution in [-0.4, -0.2) is 87.6 Å². The highest BCUT2D eigenvalue weighted by molar-refractivity contribution is 8.02. The van der Waals surface area contributed by atoms with Crippen LogP contribution in [-0.2, 0) is 14.4 Å². The van der Waals surface area contributed by atoms with Gasteiger partial charge in [-0.3, -0.25) is 14.4 Å². The second-order valence-corrected chi connectivity index (χ2v) is 14.0. The average molecular weight is 598 g/mol. The van der Waals surface area contributed by atoms with Crippen molar-refractivity contribution in [2.24, 2.45) is 17.8 Å². The molecule has 9 heteroatoms. The number of amides is 3. The summed E-state index contributed by atoms with van der Waals surface area (Å²) in [6.07, 6.45) is 6.33. The average Bonchev–Trinajstić information content (AvgIpc) is 3.56. The summed E-state index contributed by atoms with van der Waals surface area (Å²) in [6, 6.07) is 5.91. The van der Waals surface area contributed by atoms with Gasteiger partial charge in [0.15, 0.2) is 0 Å². The summed E-state index contributed by atoms with van der Waals surface area (Å²) in [4.78, 5) is 49.0. The molecule has 1 spiro atoms. The van der Waals surface area contributed by atoms with Crippen LogP contribution in [0, 0.1) is 17.8 Å². The summed E-state index contributed by atoms with van der Waals surface area (Å²) in [5.41, 5.74) is 0.675. The van der Waals surface area contributed by atoms with Gasteiger partial charge in [0.25, 0.3) is 5.91 Å². The number of methoxy groups -OCH3 is 1. The third-order valence-electron chi connectivity index (χ3n) is 9.68. The number of anilines is 1. The predicted octanol–water partition coefficient (Wildman–Crippen LogP) is 4.53. The van der Waals surface area contributed by atoms with Crippen LogP contribution in [0.5, 0.6) is 5.75 Å². The standard InChI is InChI=1S/C33H47N3O5S/c1-8-18-34(19-9-2)29(38)26-27-30(39)36(25(21-37)22(5)11-4)28(33(27)17-16-32(26,6)42-33)31(40)35(20-10-3)23-12-14-24(41-7)15-13-23/h8,10,12-15,22,25-28,37H,1,3,9,11,16-21H2,2,4-7H3/t22-,25-,26-,27-,28?,32+,33?/m0/s1. The number of likely N-dealkylation sites (tertiary alicyclic amines) is 1. The van der Waals surface area contributed by atoms with Gasteiger partial charge in [0.2, 0.25) is 11.8 Å². The summed E-state index contributed by atoms with van der Waals surface area (Å²) in [5.74, 6) is -1.01. The smallest absolute Gasteiger partial charge is 0.251 e. The number of carbonyl (C=O) groups is 3. The van der Waals surface area contributed by atoms with Crippen LogP contribution in [0.15, 0.2) is 49.6 Å². The first-order valence-corrected chi connectivity index (χ1v) is 16.0. The molecule has 3 saturated heterocycles. The summed E-state index contributed by atoms with van der Waals surface area (Å²) in [6.45, 7) is 16.9. The lowest BCUT2D eigenvalue weighted by Gasteiger charge is -2.41. The Hall–Kier alpha value is -2.78. The molecule has 3 aliphatic heterocycles. The quantitative estimate of drug-likeness (QED) is 0.317. The first-order valence-electron chi connectivity index (χ1n) is 15.2. The van der Waals surface area contributed by atoms with Gasteiger partial charge >= 0.3 is 0 Å². The van der Waals surface area contributed by atoms with E-state index in [2.05, 4.69) is 20.1 Å². The normalized spacial score (nSPS) is 29.1. The molecule has 4 rings (SSSR count). The Kier molecular flexibility index (Phi) is 9.82. The van der Waals surface area contributed by atoms with Gasteiger partial charge < -0.3 is 24.5 Å². The third kappa shape index (κ3) is 5.17. The molecule has 1 N–H and O–H groups in total. The first kappa shape index (κ1) is 32.1. The Labute approximate surface area is 255 Å². The lowest BCUT2D eigenvalue weighted by Crippen LogP contribution is -2.58. The lowest BCUT2D eigenvalue weighted by atomic mass is 9.66. The van der Waals surface area contributed by atoms with Crippen molar-refractivity contribution < 1.29 is 24.2 Å². The lowest BCUT2D eigenvalue weighted by molar-refractivity contribution is -0.147. The summed E-state index contributed by atoms with van der Waals surface area (Å²) < 4.78 is 4.09. The molecule has 3 fully saturated rings. The van der Waals surface area contributed by atoms with Crippen molar-refractivity contribution in [2.75, 3.05) is 38.3 Å². The van der Waals surface area contributed by atoms with Crippen molar-refractivity contribution in [3.05, 3.63) is 49.6 Å². The van der Waals surface area contributed by atoms with Crippen LogP contribution in [0.2, 0.25) is 0 Å². The number of fused-ring (bicyclic) bond motifs is 1. The zero-order valence-electron chi connectivity index (χ0n) is 25.8. The van der Waals surface area contributed by atoms with Gasteiger partial charge in [-0.25, -0.2) is 0 Å². The van der Waals surface area contributed by atoms with E-state index in [4.69, 9.17) is 4.74 Å². The minimum absolute atomic E-state index is 0.0392. The minimum Gasteiger partial charge on any atom is -0.497 e. The van der Waals surface area contributed by atoms with Gasteiger partial charge in [-0.15, -0.1) is 24.9 Å². The van der Waals surface area contributed by atoms with Gasteiger partial charge in [0.05, 0.1) is 36.3 Å². The van der Waals surface area contributed by atoms with E-state index in [1.165, 1.54) is 0 Å². The largest absolute Gasteiger partial charge is 0.497 e. The number of benzene rings is 1. The number of carbonyl (C=O) groups excluding carboxylic acids is 3. The van der Waals surface area contributed by atoms with E-state index in [1.54, 1.807) is 53.0 Å². The Bertz CT molecular complexity index is 1190. The Morgan fingerprint density at radius 1 is 1.17 bits per heavy atom. The molecule has 0 aliphatic carbocycles. The van der Waals surface area contributed by atoms with Crippen LogP contribution in [0.25, 0.3) is 0 Å². The Morgan fingerprint density at radius 3 is 2.38 bits per heavy atom. The Morgan fingerprint density at radius 2 is 1.83 bits per heavy atom. The topological polar surface area (TPSA) is 90.4 Å². The summed E-state index contributed by atoms with van der Waals surface area (Å²) in [5, 5.41) is 10.7. The zero-order valence-corrected chi connectivity index (χ0v) is 26.6. The van der Waals surface area contributed by atoms with E-state index in [0.29, 0.717) is 30.9 Å². The van der Waals surface area contributed by atoms with Crippen molar-refractivity contribution in [1.82, 2.24) is 9.80 Å². The van der Waals surface area contributed by atoms with Gasteiger partial charge in [-0.2, -0.15) is 0 Å². The molecule has 0 radical (unpaired) electrons. The SMILES string of the molecule is C=CCN(CCC)C(=O)[C@@H]1[C@H]2C(=O)N([C@@H](CO)[C@@H](C)CC)C(C(=O)N(CC=C)c3ccc(OC)cc3)C23CC[C@@]1(C)S3. The van der Waals surface area contributed by atoms with Crippen molar-refractivity contribution in [2.45, 2.75) is 75.0 Å². The van der Waals surface area contributed by atoms with Crippen LogP contribution in [0.3, 0.4) is 0 Å². The molecule has 3 heterocycles. The first-order chi connectivity index (χ1) is 20.1. The fraction of sp³-hybridized carbons (Fsp3) is 0.606. The van der Waals surface area contributed by atoms with Crippen LogP contribution in [0.1, 0.15) is 53.4 Å². The van der Waals surface area contributed by atoms with Crippen LogP contribution in [0.4, 0.5) is 5.69 Å². The maximum Gasteiger partial charge on any atom is 0.251 e. The van der Waals surface area contributed by atoms with Gasteiger partial charge in [-0.1, -0.05) is 39.3 Å². The minimum atomic E-state index is -0.827. The summed E-state index contributed by atoms with van der Waals surface area (Å²) in [7, 11) is 1.59. The van der Waals surface area contributed by atoms with Crippen molar-refractivity contribution >= 4 is 35.2 Å². The zero-order chi connectivity index (χ0) is 30.8. The molecular formula is C33H47N3O5S. The molecular weight excluding hydrogens is 550 g/mol. The molecule has 1 aromatic rings. The van der Waals surface area contributed by atoms with Gasteiger partial charge in [0, 0.05) is 30.1 Å². The number of rotatable bonds is 14. The highest BCUT2D eigenvalue weighted by atomic mass is 32.2.